The van der Waals surface area contributed by atoms with E-state index in [1.54, 1.807) is 0 Å². The number of hydrogen-bond donors (Lipinski definition) is 2. The van der Waals surface area contributed by atoms with Crippen LogP contribution < -0.4 is 10.6 Å². The highest BCUT2D eigenvalue weighted by Crippen LogP contribution is 2.28. The highest BCUT2D eigenvalue weighted by Gasteiger charge is 2.45. The van der Waals surface area contributed by atoms with Crippen LogP contribution in [-0.2, 0) is 28.8 Å². The normalized spacial score (nSPS) is 28.4. The van der Waals surface area contributed by atoms with Crippen LogP contribution in [0.2, 0.25) is 0 Å². The minimum atomic E-state index is -1.02. The van der Waals surface area contributed by atoms with E-state index in [0.29, 0.717) is 12.7 Å². The molecule has 2 unspecified atom stereocenters. The van der Waals surface area contributed by atoms with Crippen LogP contribution in [0, 0.1) is 0 Å². The molecule has 2 saturated heterocycles. The maximum absolute atomic E-state index is 13.4. The van der Waals surface area contributed by atoms with Crippen molar-refractivity contribution in [1.82, 2.24) is 20.7 Å². The smallest absolute Gasteiger partial charge is 0.264 e. The first-order valence-corrected chi connectivity index (χ1v) is 11.9. The number of carbonyl (C=O) groups is 6. The molecule has 33 heavy (non-hydrogen) atoms. The van der Waals surface area contributed by atoms with Gasteiger partial charge in [-0.15, -0.1) is 0 Å². The van der Waals surface area contributed by atoms with Crippen LogP contribution in [0.5, 0.6) is 0 Å². The van der Waals surface area contributed by atoms with Crippen LogP contribution in [-0.4, -0.2) is 86.7 Å². The van der Waals surface area contributed by atoms with E-state index in [-0.39, 0.29) is 55.9 Å². The number of fused-ring (bicyclic) bond motifs is 1. The van der Waals surface area contributed by atoms with Crippen molar-refractivity contribution in [1.29, 1.82) is 0 Å². The molecule has 4 amide bonds. The van der Waals surface area contributed by atoms with Crippen LogP contribution in [0.15, 0.2) is 4.99 Å². The molecule has 3 rings (SSSR count). The first kappa shape index (κ1) is 24.9. The van der Waals surface area contributed by atoms with Crippen molar-refractivity contribution >= 4 is 52.5 Å². The summed E-state index contributed by atoms with van der Waals surface area (Å²) >= 11 is 1.33. The summed E-state index contributed by atoms with van der Waals surface area (Å²) in [5.41, 5.74) is 0. The van der Waals surface area contributed by atoms with Crippen molar-refractivity contribution in [2.24, 2.45) is 4.99 Å². The van der Waals surface area contributed by atoms with Crippen LogP contribution >= 0.6 is 11.8 Å². The average Bonchev–Trinajstić information content (AvgIpc) is 3.06. The molecule has 0 saturated carbocycles. The Hall–Kier alpha value is -2.76. The molecular formula is C21H29N5O6S. The Kier molecular flexibility index (Phi) is 7.88. The zero-order valence-corrected chi connectivity index (χ0v) is 19.7. The van der Waals surface area contributed by atoms with Gasteiger partial charge in [-0.25, -0.2) is 5.01 Å². The molecule has 0 bridgehead atoms. The molecule has 2 N–H and O–H groups in total. The van der Waals surface area contributed by atoms with Crippen LogP contribution in [0.4, 0.5) is 0 Å². The minimum Gasteiger partial charge on any atom is -0.344 e. The topological polar surface area (TPSA) is 145 Å². The van der Waals surface area contributed by atoms with E-state index in [2.05, 4.69) is 15.6 Å². The van der Waals surface area contributed by atoms with Crippen molar-refractivity contribution < 1.29 is 28.8 Å². The van der Waals surface area contributed by atoms with Crippen LogP contribution in [0.25, 0.3) is 0 Å². The molecule has 11 nitrogen and oxygen atoms in total. The fourth-order valence-corrected chi connectivity index (χ4v) is 5.35. The summed E-state index contributed by atoms with van der Waals surface area (Å²) in [6.07, 6.45) is 1.27. The van der Waals surface area contributed by atoms with Gasteiger partial charge in [0.05, 0.1) is 17.1 Å². The number of aliphatic imine (C=N–C) groups is 1. The van der Waals surface area contributed by atoms with Crippen molar-refractivity contribution in [3.05, 3.63) is 0 Å². The maximum Gasteiger partial charge on any atom is 0.264 e. The third-order valence-corrected chi connectivity index (χ3v) is 7.17. The molecule has 12 heteroatoms. The fourth-order valence-electron chi connectivity index (χ4n) is 4.32. The molecule has 3 aliphatic rings. The summed E-state index contributed by atoms with van der Waals surface area (Å²) in [5.74, 6) is -2.07. The van der Waals surface area contributed by atoms with Gasteiger partial charge < -0.3 is 15.4 Å². The summed E-state index contributed by atoms with van der Waals surface area (Å²) in [7, 11) is 0. The summed E-state index contributed by atoms with van der Waals surface area (Å²) < 4.78 is 0. The van der Waals surface area contributed by atoms with E-state index in [1.807, 2.05) is 13.8 Å². The van der Waals surface area contributed by atoms with Gasteiger partial charge in [-0.05, 0) is 40.0 Å². The quantitative estimate of drug-likeness (QED) is 0.472. The Bertz CT molecular complexity index is 892. The molecule has 0 aromatic carbocycles. The van der Waals surface area contributed by atoms with E-state index in [4.69, 9.17) is 0 Å². The second kappa shape index (κ2) is 10.4. The number of amides is 4. The Labute approximate surface area is 196 Å². The second-order valence-corrected chi connectivity index (χ2v) is 9.88. The first-order valence-electron chi connectivity index (χ1n) is 11.0. The van der Waals surface area contributed by atoms with Gasteiger partial charge in [-0.1, -0.05) is 11.8 Å². The van der Waals surface area contributed by atoms with Gasteiger partial charge in [-0.3, -0.25) is 34.0 Å². The number of nitrogens with zero attached hydrogens (tertiary/aromatic N) is 3. The molecule has 5 atom stereocenters. The van der Waals surface area contributed by atoms with Crippen molar-refractivity contribution in [3.63, 3.8) is 0 Å². The molecule has 0 aromatic rings. The largest absolute Gasteiger partial charge is 0.344 e. The zero-order valence-electron chi connectivity index (χ0n) is 18.9. The lowest BCUT2D eigenvalue weighted by Crippen LogP contribution is -2.64. The predicted octanol–water partition coefficient (Wildman–Crippen LogP) is -0.415. The van der Waals surface area contributed by atoms with Gasteiger partial charge in [0.25, 0.3) is 5.91 Å². The van der Waals surface area contributed by atoms with E-state index in [0.717, 1.165) is 10.1 Å². The summed E-state index contributed by atoms with van der Waals surface area (Å²) in [6, 6.07) is -3.23. The fraction of sp³-hybridized carbons (Fsp3) is 0.667. The number of carbonyl (C=O) groups excluding carboxylic acids is 6. The maximum atomic E-state index is 13.4. The van der Waals surface area contributed by atoms with E-state index in [1.165, 1.54) is 23.7 Å². The first-order chi connectivity index (χ1) is 15.6. The van der Waals surface area contributed by atoms with E-state index in [9.17, 15) is 28.8 Å². The molecule has 3 aliphatic heterocycles. The second-order valence-electron chi connectivity index (χ2n) is 8.54. The molecule has 3 heterocycles. The molecule has 180 valence electrons. The Morgan fingerprint density at radius 2 is 1.97 bits per heavy atom. The van der Waals surface area contributed by atoms with Crippen molar-refractivity contribution in [2.45, 2.75) is 82.3 Å². The molecule has 0 radical (unpaired) electrons. The number of thioether (sulfide) groups is 1. The molecule has 2 fully saturated rings. The molecule has 0 aliphatic carbocycles. The Balaban J connectivity index is 1.77. The van der Waals surface area contributed by atoms with Gasteiger partial charge in [0.15, 0.2) is 0 Å². The lowest BCUT2D eigenvalue weighted by Gasteiger charge is -2.43. The van der Waals surface area contributed by atoms with E-state index >= 15 is 0 Å². The van der Waals surface area contributed by atoms with Gasteiger partial charge in [0, 0.05) is 19.4 Å². The average molecular weight is 480 g/mol. The number of nitrogens with one attached hydrogen (secondary N) is 2. The molecule has 0 spiro atoms. The number of Topliss-reactive ketones (excluding diaryl/α,β-unsaturated/α-hetero) is 1. The number of ketones is 1. The Morgan fingerprint density at radius 3 is 2.58 bits per heavy atom. The molecular weight excluding hydrogens is 450 g/mol. The predicted molar refractivity (Wildman–Crippen MR) is 120 cm³/mol. The Morgan fingerprint density at radius 1 is 1.24 bits per heavy atom. The SMILES string of the molecule is CC(=O)C[C@@H](C=O)NC(=O)[C@@H]1CCCN2C(=O)CC[C@H](NC(=O)C3SC(C)=NC3C)C(=O)N12. The van der Waals surface area contributed by atoms with Gasteiger partial charge in [0.1, 0.15) is 29.4 Å². The van der Waals surface area contributed by atoms with Gasteiger partial charge >= 0.3 is 0 Å². The highest BCUT2D eigenvalue weighted by molar-refractivity contribution is 8.15. The van der Waals surface area contributed by atoms with Crippen LogP contribution in [0.3, 0.4) is 0 Å². The standard InChI is InChI=1S/C21H29N5O6S/c1-11(28)9-14(10-27)23-19(30)16-5-4-8-25-17(29)7-6-15(21(32)26(16)25)24-20(31)18-12(2)22-13(3)33-18/h10,12,14-16,18H,4-9H2,1-3H3,(H,23,30)(H,24,31)/t12?,14-,15-,16-,18?/m0/s1. The third-order valence-electron chi connectivity index (χ3n) is 5.86. The summed E-state index contributed by atoms with van der Waals surface area (Å²) in [4.78, 5) is 79.0. The highest BCUT2D eigenvalue weighted by atomic mass is 32.2. The number of hydrazine groups is 1. The van der Waals surface area contributed by atoms with Gasteiger partial charge in [-0.2, -0.15) is 0 Å². The lowest BCUT2D eigenvalue weighted by atomic mass is 10.0. The van der Waals surface area contributed by atoms with Crippen LogP contribution in [0.1, 0.15) is 52.9 Å². The summed E-state index contributed by atoms with van der Waals surface area (Å²) in [6.45, 7) is 5.23. The van der Waals surface area contributed by atoms with Crippen molar-refractivity contribution in [3.8, 4) is 0 Å². The van der Waals surface area contributed by atoms with Gasteiger partial charge in [0.2, 0.25) is 17.7 Å². The molecule has 0 aromatic heterocycles. The monoisotopic (exact) mass is 479 g/mol. The number of hydrogen-bond acceptors (Lipinski definition) is 8. The number of rotatable bonds is 7. The van der Waals surface area contributed by atoms with Crippen molar-refractivity contribution in [2.75, 3.05) is 6.54 Å². The minimum absolute atomic E-state index is 0.0473. The lowest BCUT2D eigenvalue weighted by molar-refractivity contribution is -0.176. The van der Waals surface area contributed by atoms with E-state index < -0.39 is 35.2 Å². The number of aldehydes is 1. The zero-order chi connectivity index (χ0) is 24.3. The third kappa shape index (κ3) is 5.60. The summed E-state index contributed by atoms with van der Waals surface area (Å²) in [5, 5.41) is 7.98.